The maximum atomic E-state index is 10.3. The Morgan fingerprint density at radius 2 is 1.41 bits per heavy atom. The second kappa shape index (κ2) is 5.65. The summed E-state index contributed by atoms with van der Waals surface area (Å²) in [6.07, 6.45) is 2.59. The second-order valence-electron chi connectivity index (χ2n) is 2.72. The Balaban J connectivity index is 3.70. The van der Waals surface area contributed by atoms with Gasteiger partial charge in [0.05, 0.1) is 16.9 Å². The van der Waals surface area contributed by atoms with Crippen molar-refractivity contribution in [2.24, 2.45) is 9.98 Å². The second-order valence-corrected chi connectivity index (χ2v) is 5.44. The van der Waals surface area contributed by atoms with Crippen LogP contribution in [0, 0.1) is 0 Å². The van der Waals surface area contributed by atoms with Crippen molar-refractivity contribution in [1.29, 1.82) is 0 Å². The first kappa shape index (κ1) is 14.2. The monoisotopic (exact) mass is 310 g/mol. The number of alkyl halides is 3. The predicted molar refractivity (Wildman–Crippen MR) is 66.3 cm³/mol. The van der Waals surface area contributed by atoms with Crippen molar-refractivity contribution in [2.75, 3.05) is 0 Å². The van der Waals surface area contributed by atoms with Gasteiger partial charge in [0.25, 0.3) is 0 Å². The van der Waals surface area contributed by atoms with Crippen molar-refractivity contribution in [1.82, 2.24) is 0 Å². The lowest BCUT2D eigenvalue weighted by atomic mass is 10.1. The lowest BCUT2D eigenvalue weighted by Gasteiger charge is -2.15. The Kier molecular flexibility index (Phi) is 4.72. The Morgan fingerprint density at radius 1 is 1.00 bits per heavy atom. The number of halogens is 4. The molecule has 0 N–H and O–H groups in total. The summed E-state index contributed by atoms with van der Waals surface area (Å²) in [5.41, 5.74) is -0.0957. The third-order valence-corrected chi connectivity index (χ3v) is 2.46. The van der Waals surface area contributed by atoms with Crippen LogP contribution in [0.2, 0.25) is 5.02 Å². The highest BCUT2D eigenvalue weighted by Crippen LogP contribution is 2.48. The van der Waals surface area contributed by atoms with Gasteiger partial charge in [0.15, 0.2) is 0 Å². The lowest BCUT2D eigenvalue weighted by Crippen LogP contribution is -2.01. The van der Waals surface area contributed by atoms with Crippen LogP contribution in [-0.2, 0) is 13.4 Å². The van der Waals surface area contributed by atoms with Crippen molar-refractivity contribution in [3.05, 3.63) is 22.7 Å². The number of aliphatic imine (C=N–C) groups is 2. The highest BCUT2D eigenvalue weighted by molar-refractivity contribution is 6.67. The zero-order chi connectivity index (χ0) is 13.1. The van der Waals surface area contributed by atoms with Gasteiger partial charge in [-0.05, 0) is 12.1 Å². The third kappa shape index (κ3) is 3.55. The van der Waals surface area contributed by atoms with E-state index in [0.29, 0.717) is 0 Å². The highest BCUT2D eigenvalue weighted by Gasteiger charge is 2.30. The van der Waals surface area contributed by atoms with Gasteiger partial charge >= 0.3 is 0 Å². The first-order valence-corrected chi connectivity index (χ1v) is 5.48. The minimum atomic E-state index is -1.92. The standard InChI is InChI=1S/C9H2Cl4N2O2/c10-5-1-6(14-3-16)8(9(11,12)13)7(2-5)15-4-17/h1-2H. The van der Waals surface area contributed by atoms with E-state index in [1.54, 1.807) is 0 Å². The minimum absolute atomic E-state index is 0.0264. The fourth-order valence-electron chi connectivity index (χ4n) is 1.14. The van der Waals surface area contributed by atoms with E-state index in [1.807, 2.05) is 0 Å². The molecule has 8 heteroatoms. The number of hydrogen-bond acceptors (Lipinski definition) is 4. The molecule has 17 heavy (non-hydrogen) atoms. The fourth-order valence-corrected chi connectivity index (χ4v) is 1.93. The average Bonchev–Trinajstić information content (AvgIpc) is 2.15. The Labute approximate surface area is 116 Å². The largest absolute Gasteiger partial charge is 0.240 e. The van der Waals surface area contributed by atoms with Gasteiger partial charge in [-0.2, -0.15) is 9.98 Å². The summed E-state index contributed by atoms with van der Waals surface area (Å²) in [5.74, 6) is 0. The molecule has 88 valence electrons. The van der Waals surface area contributed by atoms with E-state index in [0.717, 1.165) is 0 Å². The molecule has 0 atom stereocenters. The molecule has 1 aromatic carbocycles. The quantitative estimate of drug-likeness (QED) is 0.469. The van der Waals surface area contributed by atoms with E-state index < -0.39 is 3.79 Å². The van der Waals surface area contributed by atoms with E-state index in [-0.39, 0.29) is 22.0 Å². The van der Waals surface area contributed by atoms with Crippen molar-refractivity contribution in [3.8, 4) is 0 Å². The van der Waals surface area contributed by atoms with E-state index in [9.17, 15) is 9.59 Å². The molecule has 0 aliphatic carbocycles. The van der Waals surface area contributed by atoms with Crippen molar-refractivity contribution < 1.29 is 9.59 Å². The number of rotatable bonds is 2. The number of benzene rings is 1. The van der Waals surface area contributed by atoms with Gasteiger partial charge in [-0.25, -0.2) is 9.59 Å². The van der Waals surface area contributed by atoms with Crippen molar-refractivity contribution in [2.45, 2.75) is 3.79 Å². The van der Waals surface area contributed by atoms with E-state index >= 15 is 0 Å². The Bertz CT molecular complexity index is 501. The molecule has 0 saturated carbocycles. The number of hydrogen-bond donors (Lipinski definition) is 0. The molecule has 0 amide bonds. The predicted octanol–water partition coefficient (Wildman–Crippen LogP) is 4.10. The Morgan fingerprint density at radius 3 is 1.71 bits per heavy atom. The average molecular weight is 312 g/mol. The molecule has 0 bridgehead atoms. The lowest BCUT2D eigenvalue weighted by molar-refractivity contribution is 0.565. The van der Waals surface area contributed by atoms with Crippen LogP contribution in [-0.4, -0.2) is 12.2 Å². The van der Waals surface area contributed by atoms with E-state index in [4.69, 9.17) is 46.4 Å². The summed E-state index contributed by atoms with van der Waals surface area (Å²) in [4.78, 5) is 27.2. The zero-order valence-corrected chi connectivity index (χ0v) is 10.9. The SMILES string of the molecule is O=C=Nc1cc(Cl)cc(N=C=O)c1C(Cl)(Cl)Cl. The van der Waals surface area contributed by atoms with Crippen LogP contribution in [0.3, 0.4) is 0 Å². The third-order valence-electron chi connectivity index (χ3n) is 1.68. The molecule has 1 aromatic rings. The molecule has 0 heterocycles. The topological polar surface area (TPSA) is 58.9 Å². The summed E-state index contributed by atoms with van der Waals surface area (Å²) in [5, 5.41) is 0.172. The van der Waals surface area contributed by atoms with Crippen molar-refractivity contribution >= 4 is 69.9 Å². The fraction of sp³-hybridized carbons (Fsp3) is 0.111. The van der Waals surface area contributed by atoms with Gasteiger partial charge in [-0.3, -0.25) is 0 Å². The molecule has 0 aromatic heterocycles. The van der Waals surface area contributed by atoms with Crippen LogP contribution in [0.1, 0.15) is 5.56 Å². The molecule has 4 nitrogen and oxygen atoms in total. The normalized spacial score (nSPS) is 10.4. The summed E-state index contributed by atoms with van der Waals surface area (Å²) >= 11 is 22.8. The molecule has 0 unspecified atom stereocenters. The molecule has 0 aliphatic heterocycles. The summed E-state index contributed by atoms with van der Waals surface area (Å²) in [6.45, 7) is 0. The van der Waals surface area contributed by atoms with Gasteiger partial charge in [0.1, 0.15) is 0 Å². The van der Waals surface area contributed by atoms with Crippen LogP contribution in [0.25, 0.3) is 0 Å². The molecule has 0 spiro atoms. The van der Waals surface area contributed by atoms with Gasteiger partial charge in [0.2, 0.25) is 16.0 Å². The van der Waals surface area contributed by atoms with Crippen LogP contribution in [0.4, 0.5) is 11.4 Å². The zero-order valence-electron chi connectivity index (χ0n) is 7.88. The maximum absolute atomic E-state index is 10.3. The molecular weight excluding hydrogens is 310 g/mol. The summed E-state index contributed by atoms with van der Waals surface area (Å²) < 4.78 is -1.92. The van der Waals surface area contributed by atoms with Gasteiger partial charge in [-0.1, -0.05) is 46.4 Å². The molecule has 0 fully saturated rings. The minimum Gasteiger partial charge on any atom is -0.211 e. The smallest absolute Gasteiger partial charge is 0.211 e. The van der Waals surface area contributed by atoms with Gasteiger partial charge in [0, 0.05) is 5.02 Å². The van der Waals surface area contributed by atoms with Crippen LogP contribution in [0.5, 0.6) is 0 Å². The molecule has 0 saturated heterocycles. The molecule has 0 radical (unpaired) electrons. The van der Waals surface area contributed by atoms with E-state index in [2.05, 4.69) is 9.98 Å². The Hall–Kier alpha value is -0.860. The van der Waals surface area contributed by atoms with Crippen LogP contribution >= 0.6 is 46.4 Å². The van der Waals surface area contributed by atoms with Crippen LogP contribution < -0.4 is 0 Å². The molecular formula is C9H2Cl4N2O2. The number of isocyanates is 2. The molecule has 0 aliphatic rings. The first-order valence-electron chi connectivity index (χ1n) is 3.96. The number of carbonyl (C=O) groups excluding carboxylic acids is 2. The highest BCUT2D eigenvalue weighted by atomic mass is 35.6. The molecule has 1 rings (SSSR count). The number of nitrogens with zero attached hydrogens (tertiary/aromatic N) is 2. The first-order chi connectivity index (χ1) is 7.90. The van der Waals surface area contributed by atoms with Gasteiger partial charge < -0.3 is 0 Å². The van der Waals surface area contributed by atoms with Crippen molar-refractivity contribution in [3.63, 3.8) is 0 Å². The van der Waals surface area contributed by atoms with Crippen LogP contribution in [0.15, 0.2) is 22.1 Å². The maximum Gasteiger partial charge on any atom is 0.240 e. The van der Waals surface area contributed by atoms with E-state index in [1.165, 1.54) is 24.3 Å². The summed E-state index contributed by atoms with van der Waals surface area (Å²) in [6, 6.07) is 2.57. The van der Waals surface area contributed by atoms with Gasteiger partial charge in [-0.15, -0.1) is 0 Å². The summed E-state index contributed by atoms with van der Waals surface area (Å²) in [7, 11) is 0.